The van der Waals surface area contributed by atoms with Crippen molar-refractivity contribution in [3.8, 4) is 11.6 Å². The van der Waals surface area contributed by atoms with Crippen LogP contribution in [0.4, 0.5) is 0 Å². The minimum atomic E-state index is 0.297. The molecule has 3 heteroatoms. The molecule has 0 aliphatic carbocycles. The van der Waals surface area contributed by atoms with Crippen molar-refractivity contribution in [3.63, 3.8) is 0 Å². The summed E-state index contributed by atoms with van der Waals surface area (Å²) < 4.78 is 5.67. The molecule has 0 radical (unpaired) electrons. The summed E-state index contributed by atoms with van der Waals surface area (Å²) in [7, 11) is 1.93. The van der Waals surface area contributed by atoms with Gasteiger partial charge in [0.2, 0.25) is 5.88 Å². The second-order valence-corrected chi connectivity index (χ2v) is 4.36. The van der Waals surface area contributed by atoms with Gasteiger partial charge in [-0.1, -0.05) is 23.8 Å². The standard InChI is InChI=1S/C15H18N2O/c1-11-4-7-14(8-5-11)18-15-9-6-13(10-17-15)12(2)16-3/h4-10,12,16H,1-3H3. The van der Waals surface area contributed by atoms with E-state index in [4.69, 9.17) is 4.74 Å². The van der Waals surface area contributed by atoms with E-state index in [1.165, 1.54) is 5.56 Å². The number of rotatable bonds is 4. The first-order valence-electron chi connectivity index (χ1n) is 6.07. The lowest BCUT2D eigenvalue weighted by atomic mass is 10.1. The quantitative estimate of drug-likeness (QED) is 0.891. The highest BCUT2D eigenvalue weighted by atomic mass is 16.5. The molecule has 0 spiro atoms. The minimum absolute atomic E-state index is 0.297. The van der Waals surface area contributed by atoms with Gasteiger partial charge in [0.25, 0.3) is 0 Å². The largest absolute Gasteiger partial charge is 0.439 e. The Kier molecular flexibility index (Phi) is 3.95. The highest BCUT2D eigenvalue weighted by Gasteiger charge is 2.04. The summed E-state index contributed by atoms with van der Waals surface area (Å²) in [6, 6.07) is 12.1. The van der Waals surface area contributed by atoms with Gasteiger partial charge < -0.3 is 10.1 Å². The van der Waals surface area contributed by atoms with Crippen molar-refractivity contribution in [1.29, 1.82) is 0 Å². The molecule has 0 saturated heterocycles. The van der Waals surface area contributed by atoms with Gasteiger partial charge in [-0.25, -0.2) is 4.98 Å². The molecule has 1 aromatic heterocycles. The van der Waals surface area contributed by atoms with Crippen LogP contribution in [0, 0.1) is 6.92 Å². The molecule has 1 atom stereocenters. The smallest absolute Gasteiger partial charge is 0.219 e. The molecule has 0 aliphatic heterocycles. The Morgan fingerprint density at radius 1 is 1.11 bits per heavy atom. The van der Waals surface area contributed by atoms with Crippen LogP contribution >= 0.6 is 0 Å². The molecule has 0 fully saturated rings. The molecule has 0 aliphatic rings. The van der Waals surface area contributed by atoms with E-state index in [1.54, 1.807) is 0 Å². The van der Waals surface area contributed by atoms with E-state index < -0.39 is 0 Å². The Bertz CT molecular complexity index is 491. The van der Waals surface area contributed by atoms with Crippen molar-refractivity contribution in [2.75, 3.05) is 7.05 Å². The van der Waals surface area contributed by atoms with Gasteiger partial charge in [0.15, 0.2) is 0 Å². The maximum absolute atomic E-state index is 5.67. The van der Waals surface area contributed by atoms with Gasteiger partial charge in [-0.2, -0.15) is 0 Å². The van der Waals surface area contributed by atoms with Gasteiger partial charge in [0, 0.05) is 18.3 Å². The van der Waals surface area contributed by atoms with Crippen LogP contribution in [0.5, 0.6) is 11.6 Å². The van der Waals surface area contributed by atoms with Crippen LogP contribution in [-0.4, -0.2) is 12.0 Å². The lowest BCUT2D eigenvalue weighted by Gasteiger charge is -2.10. The minimum Gasteiger partial charge on any atom is -0.439 e. The summed E-state index contributed by atoms with van der Waals surface area (Å²) in [5.41, 5.74) is 2.36. The predicted octanol–water partition coefficient (Wildman–Crippen LogP) is 3.46. The van der Waals surface area contributed by atoms with Crippen LogP contribution < -0.4 is 10.1 Å². The van der Waals surface area contributed by atoms with Gasteiger partial charge in [-0.05, 0) is 38.6 Å². The lowest BCUT2D eigenvalue weighted by molar-refractivity contribution is 0.461. The van der Waals surface area contributed by atoms with Crippen molar-refractivity contribution >= 4 is 0 Å². The van der Waals surface area contributed by atoms with E-state index in [9.17, 15) is 0 Å². The zero-order valence-electron chi connectivity index (χ0n) is 11.0. The zero-order valence-corrected chi connectivity index (χ0v) is 11.0. The van der Waals surface area contributed by atoms with Crippen molar-refractivity contribution in [1.82, 2.24) is 10.3 Å². The van der Waals surface area contributed by atoms with E-state index in [-0.39, 0.29) is 0 Å². The molecule has 1 aromatic carbocycles. The van der Waals surface area contributed by atoms with Gasteiger partial charge in [-0.3, -0.25) is 0 Å². The van der Waals surface area contributed by atoms with Crippen LogP contribution in [0.25, 0.3) is 0 Å². The molecular weight excluding hydrogens is 224 g/mol. The predicted molar refractivity (Wildman–Crippen MR) is 73.0 cm³/mol. The van der Waals surface area contributed by atoms with Crippen LogP contribution in [0.2, 0.25) is 0 Å². The summed E-state index contributed by atoms with van der Waals surface area (Å²) >= 11 is 0. The van der Waals surface area contributed by atoms with Crippen LogP contribution in [0.1, 0.15) is 24.1 Å². The molecule has 94 valence electrons. The number of nitrogens with one attached hydrogen (secondary N) is 1. The summed E-state index contributed by atoms with van der Waals surface area (Å²) in [4.78, 5) is 4.30. The van der Waals surface area contributed by atoms with E-state index in [1.807, 2.05) is 49.6 Å². The van der Waals surface area contributed by atoms with Crippen molar-refractivity contribution in [3.05, 3.63) is 53.7 Å². The molecule has 0 saturated carbocycles. The average molecular weight is 242 g/mol. The van der Waals surface area contributed by atoms with Gasteiger partial charge in [0.1, 0.15) is 5.75 Å². The van der Waals surface area contributed by atoms with Crippen molar-refractivity contribution in [2.45, 2.75) is 19.9 Å². The van der Waals surface area contributed by atoms with E-state index in [0.29, 0.717) is 11.9 Å². The Morgan fingerprint density at radius 2 is 1.83 bits per heavy atom. The number of benzene rings is 1. The molecule has 2 aromatic rings. The molecule has 1 heterocycles. The number of aromatic nitrogens is 1. The first kappa shape index (κ1) is 12.6. The topological polar surface area (TPSA) is 34.1 Å². The summed E-state index contributed by atoms with van der Waals surface area (Å²) in [5.74, 6) is 1.42. The third kappa shape index (κ3) is 3.08. The van der Waals surface area contributed by atoms with Crippen molar-refractivity contribution < 1.29 is 4.74 Å². The monoisotopic (exact) mass is 242 g/mol. The number of hydrogen-bond acceptors (Lipinski definition) is 3. The summed E-state index contributed by atoms with van der Waals surface area (Å²) in [5, 5.41) is 3.18. The molecule has 2 rings (SSSR count). The Labute approximate surface area is 108 Å². The Hall–Kier alpha value is -1.87. The highest BCUT2D eigenvalue weighted by Crippen LogP contribution is 2.21. The SMILES string of the molecule is CNC(C)c1ccc(Oc2ccc(C)cc2)nc1. The van der Waals surface area contributed by atoms with E-state index in [2.05, 4.69) is 24.1 Å². The van der Waals surface area contributed by atoms with Gasteiger partial charge in [0.05, 0.1) is 0 Å². The number of nitrogens with zero attached hydrogens (tertiary/aromatic N) is 1. The Morgan fingerprint density at radius 3 is 2.39 bits per heavy atom. The zero-order chi connectivity index (χ0) is 13.0. The summed E-state index contributed by atoms with van der Waals surface area (Å²) in [6.07, 6.45) is 1.84. The highest BCUT2D eigenvalue weighted by molar-refractivity contribution is 5.30. The second kappa shape index (κ2) is 5.65. The van der Waals surface area contributed by atoms with Crippen LogP contribution in [0.15, 0.2) is 42.6 Å². The van der Waals surface area contributed by atoms with E-state index in [0.717, 1.165) is 11.3 Å². The fourth-order valence-electron chi connectivity index (χ4n) is 1.60. The molecule has 18 heavy (non-hydrogen) atoms. The molecule has 1 unspecified atom stereocenters. The normalized spacial score (nSPS) is 12.2. The van der Waals surface area contributed by atoms with Crippen molar-refractivity contribution in [2.24, 2.45) is 0 Å². The average Bonchev–Trinajstić information content (AvgIpc) is 2.41. The Balaban J connectivity index is 2.08. The molecule has 1 N–H and O–H groups in total. The lowest BCUT2D eigenvalue weighted by Crippen LogP contribution is -2.12. The molecule has 0 amide bonds. The number of aryl methyl sites for hydroxylation is 1. The van der Waals surface area contributed by atoms with Crippen LogP contribution in [-0.2, 0) is 0 Å². The third-order valence-corrected chi connectivity index (χ3v) is 2.94. The fraction of sp³-hybridized carbons (Fsp3) is 0.267. The number of pyridine rings is 1. The third-order valence-electron chi connectivity index (χ3n) is 2.94. The molecule has 3 nitrogen and oxygen atoms in total. The fourth-order valence-corrected chi connectivity index (χ4v) is 1.60. The van der Waals surface area contributed by atoms with Gasteiger partial charge >= 0.3 is 0 Å². The van der Waals surface area contributed by atoms with Gasteiger partial charge in [-0.15, -0.1) is 0 Å². The molecular formula is C15H18N2O. The number of ether oxygens (including phenoxy) is 1. The van der Waals surface area contributed by atoms with E-state index >= 15 is 0 Å². The first-order chi connectivity index (χ1) is 8.69. The first-order valence-corrected chi connectivity index (χ1v) is 6.07. The maximum atomic E-state index is 5.67. The molecule has 0 bridgehead atoms. The second-order valence-electron chi connectivity index (χ2n) is 4.36. The number of hydrogen-bond donors (Lipinski definition) is 1. The maximum Gasteiger partial charge on any atom is 0.219 e. The summed E-state index contributed by atoms with van der Waals surface area (Å²) in [6.45, 7) is 4.15. The van der Waals surface area contributed by atoms with Crippen LogP contribution in [0.3, 0.4) is 0 Å².